The molecule has 1 amide bonds. The van der Waals surface area contributed by atoms with Crippen LogP contribution in [0.25, 0.3) is 0 Å². The Hall–Kier alpha value is -2.89. The third-order valence-corrected chi connectivity index (χ3v) is 3.75. The van der Waals surface area contributed by atoms with Crippen LogP contribution in [0.3, 0.4) is 0 Å². The lowest BCUT2D eigenvalue weighted by Crippen LogP contribution is -2.26. The quantitative estimate of drug-likeness (QED) is 0.816. The van der Waals surface area contributed by atoms with Crippen LogP contribution in [0, 0.1) is 0 Å². The van der Waals surface area contributed by atoms with Gasteiger partial charge in [-0.2, -0.15) is 0 Å². The number of hydrogen-bond acceptors (Lipinski definition) is 4. The molecule has 0 aliphatic heterocycles. The van der Waals surface area contributed by atoms with E-state index in [1.165, 1.54) is 18.2 Å². The average Bonchev–Trinajstić information content (AvgIpc) is 2.61. The molecule has 6 nitrogen and oxygen atoms in total. The van der Waals surface area contributed by atoms with Crippen LogP contribution in [0.1, 0.15) is 45.8 Å². The molecule has 0 saturated heterocycles. The number of nitrogens with zero attached hydrogens (tertiary/aromatic N) is 1. The molecule has 0 bridgehead atoms. The molecule has 6 heteroatoms. The van der Waals surface area contributed by atoms with Crippen LogP contribution in [0.5, 0.6) is 5.75 Å². The Morgan fingerprint density at radius 1 is 1.17 bits per heavy atom. The van der Waals surface area contributed by atoms with Gasteiger partial charge in [0.05, 0.1) is 7.11 Å². The second-order valence-electron chi connectivity index (χ2n) is 5.43. The van der Waals surface area contributed by atoms with Gasteiger partial charge < -0.3 is 15.2 Å². The summed E-state index contributed by atoms with van der Waals surface area (Å²) >= 11 is 0. The zero-order valence-corrected chi connectivity index (χ0v) is 13.7. The number of nitrogens with one attached hydrogen (secondary N) is 1. The van der Waals surface area contributed by atoms with Crippen molar-refractivity contribution in [1.82, 2.24) is 10.3 Å². The van der Waals surface area contributed by atoms with Crippen molar-refractivity contribution in [2.45, 2.75) is 19.3 Å². The number of aromatic nitrogens is 1. The maximum Gasteiger partial charge on any atom is 0.354 e. The highest BCUT2D eigenvalue weighted by Crippen LogP contribution is 2.21. The molecule has 0 spiro atoms. The van der Waals surface area contributed by atoms with E-state index in [0.717, 1.165) is 17.7 Å². The molecule has 2 rings (SSSR count). The highest BCUT2D eigenvalue weighted by molar-refractivity contribution is 5.94. The fraction of sp³-hybridized carbons (Fsp3) is 0.278. The zero-order valence-electron chi connectivity index (χ0n) is 13.7. The monoisotopic (exact) mass is 328 g/mol. The van der Waals surface area contributed by atoms with Crippen molar-refractivity contribution >= 4 is 11.9 Å². The number of hydrogen-bond donors (Lipinski definition) is 2. The van der Waals surface area contributed by atoms with Crippen LogP contribution < -0.4 is 10.1 Å². The van der Waals surface area contributed by atoms with Crippen LogP contribution in [0.2, 0.25) is 0 Å². The van der Waals surface area contributed by atoms with Gasteiger partial charge in [0.25, 0.3) is 5.91 Å². The van der Waals surface area contributed by atoms with E-state index in [9.17, 15) is 9.59 Å². The van der Waals surface area contributed by atoms with E-state index in [0.29, 0.717) is 6.54 Å². The number of aromatic carboxylic acids is 1. The van der Waals surface area contributed by atoms with Gasteiger partial charge in [-0.05, 0) is 42.2 Å². The van der Waals surface area contributed by atoms with E-state index in [4.69, 9.17) is 9.84 Å². The van der Waals surface area contributed by atoms with Crippen molar-refractivity contribution in [3.05, 3.63) is 59.4 Å². The number of amides is 1. The minimum absolute atomic E-state index is 0.104. The Bertz CT molecular complexity index is 713. The Morgan fingerprint density at radius 3 is 2.46 bits per heavy atom. The van der Waals surface area contributed by atoms with E-state index in [1.54, 1.807) is 7.11 Å². The summed E-state index contributed by atoms with van der Waals surface area (Å²) in [4.78, 5) is 26.7. The van der Waals surface area contributed by atoms with E-state index in [1.807, 2.05) is 24.3 Å². The predicted octanol–water partition coefficient (Wildman–Crippen LogP) is 2.71. The first-order valence-electron chi connectivity index (χ1n) is 7.63. The number of pyridine rings is 1. The minimum Gasteiger partial charge on any atom is -0.497 e. The van der Waals surface area contributed by atoms with Crippen LogP contribution in [-0.4, -0.2) is 35.6 Å². The molecule has 1 heterocycles. The maximum absolute atomic E-state index is 12.0. The first-order chi connectivity index (χ1) is 11.5. The second kappa shape index (κ2) is 8.10. The highest BCUT2D eigenvalue weighted by atomic mass is 16.5. The van der Waals surface area contributed by atoms with E-state index < -0.39 is 5.97 Å². The summed E-state index contributed by atoms with van der Waals surface area (Å²) in [6.07, 6.45) is 0.761. The van der Waals surface area contributed by atoms with Crippen molar-refractivity contribution in [3.63, 3.8) is 0 Å². The molecule has 0 aliphatic carbocycles. The summed E-state index contributed by atoms with van der Waals surface area (Å²) in [5.41, 5.74) is 1.12. The molecule has 1 unspecified atom stereocenters. The van der Waals surface area contributed by atoms with E-state index >= 15 is 0 Å². The summed E-state index contributed by atoms with van der Waals surface area (Å²) in [5.74, 6) is -0.448. The van der Waals surface area contributed by atoms with Crippen LogP contribution >= 0.6 is 0 Å². The first-order valence-corrected chi connectivity index (χ1v) is 7.63. The molecule has 1 atom stereocenters. The van der Waals surface area contributed by atoms with Gasteiger partial charge in [0.2, 0.25) is 0 Å². The highest BCUT2D eigenvalue weighted by Gasteiger charge is 2.12. The number of carboxylic acids is 1. The van der Waals surface area contributed by atoms with Crippen LogP contribution in [0.15, 0.2) is 42.5 Å². The largest absolute Gasteiger partial charge is 0.497 e. The average molecular weight is 328 g/mol. The standard InChI is InChI=1S/C18H20N2O4/c1-12(13-6-8-14(24-2)9-7-13)10-11-19-17(21)15-4-3-5-16(20-15)18(22)23/h3-9,12H,10-11H2,1-2H3,(H,19,21)(H,22,23). The lowest BCUT2D eigenvalue weighted by molar-refractivity contribution is 0.0690. The molecule has 126 valence electrons. The minimum atomic E-state index is -1.15. The fourth-order valence-electron chi connectivity index (χ4n) is 2.27. The number of methoxy groups -OCH3 is 1. The molecule has 0 saturated carbocycles. The summed E-state index contributed by atoms with van der Waals surface area (Å²) in [5, 5.41) is 11.7. The number of carbonyl (C=O) groups excluding carboxylic acids is 1. The van der Waals surface area contributed by atoms with Gasteiger partial charge in [0.1, 0.15) is 17.1 Å². The molecule has 24 heavy (non-hydrogen) atoms. The fourth-order valence-corrected chi connectivity index (χ4v) is 2.27. The first kappa shape index (κ1) is 17.5. The van der Waals surface area contributed by atoms with Gasteiger partial charge in [-0.3, -0.25) is 4.79 Å². The summed E-state index contributed by atoms with van der Waals surface area (Å²) in [6, 6.07) is 12.2. The van der Waals surface area contributed by atoms with E-state index in [-0.39, 0.29) is 23.2 Å². The third-order valence-electron chi connectivity index (χ3n) is 3.75. The van der Waals surface area contributed by atoms with Gasteiger partial charge >= 0.3 is 5.97 Å². The third kappa shape index (κ3) is 4.55. The summed E-state index contributed by atoms with van der Waals surface area (Å²) in [6.45, 7) is 2.56. The van der Waals surface area contributed by atoms with Crippen molar-refractivity contribution < 1.29 is 19.4 Å². The van der Waals surface area contributed by atoms with Gasteiger partial charge in [-0.1, -0.05) is 25.1 Å². The number of ether oxygens (including phenoxy) is 1. The maximum atomic E-state index is 12.0. The molecule has 2 aromatic rings. The van der Waals surface area contributed by atoms with Crippen molar-refractivity contribution in [1.29, 1.82) is 0 Å². The zero-order chi connectivity index (χ0) is 17.5. The van der Waals surface area contributed by atoms with Gasteiger partial charge in [-0.25, -0.2) is 9.78 Å². The van der Waals surface area contributed by atoms with Gasteiger partial charge in [0, 0.05) is 6.54 Å². The van der Waals surface area contributed by atoms with Crippen LogP contribution in [0.4, 0.5) is 0 Å². The van der Waals surface area contributed by atoms with Gasteiger partial charge in [-0.15, -0.1) is 0 Å². The van der Waals surface area contributed by atoms with Crippen molar-refractivity contribution in [2.75, 3.05) is 13.7 Å². The topological polar surface area (TPSA) is 88.5 Å². The normalized spacial score (nSPS) is 11.6. The second-order valence-corrected chi connectivity index (χ2v) is 5.43. The molecule has 0 aliphatic rings. The summed E-state index contributed by atoms with van der Waals surface area (Å²) < 4.78 is 5.13. The SMILES string of the molecule is COc1ccc(C(C)CCNC(=O)c2cccc(C(=O)O)n2)cc1. The Labute approximate surface area is 140 Å². The Morgan fingerprint density at radius 2 is 1.83 bits per heavy atom. The van der Waals surface area contributed by atoms with Gasteiger partial charge in [0.15, 0.2) is 0 Å². The molecule has 1 aromatic heterocycles. The molecule has 0 fully saturated rings. The predicted molar refractivity (Wildman–Crippen MR) is 89.6 cm³/mol. The summed E-state index contributed by atoms with van der Waals surface area (Å²) in [7, 11) is 1.63. The lowest BCUT2D eigenvalue weighted by Gasteiger charge is -2.13. The number of carbonyl (C=O) groups is 2. The number of benzene rings is 1. The smallest absolute Gasteiger partial charge is 0.354 e. The Balaban J connectivity index is 1.87. The lowest BCUT2D eigenvalue weighted by atomic mass is 9.98. The van der Waals surface area contributed by atoms with Crippen molar-refractivity contribution in [2.24, 2.45) is 0 Å². The molecular formula is C18H20N2O4. The van der Waals surface area contributed by atoms with Crippen molar-refractivity contribution in [3.8, 4) is 5.75 Å². The van der Waals surface area contributed by atoms with Crippen LogP contribution in [-0.2, 0) is 0 Å². The van der Waals surface area contributed by atoms with E-state index in [2.05, 4.69) is 17.2 Å². The molecule has 0 radical (unpaired) electrons. The molecular weight excluding hydrogens is 308 g/mol. The number of carboxylic acid groups (broad SMARTS) is 1. The Kier molecular flexibility index (Phi) is 5.89. The molecule has 1 aromatic carbocycles. The molecule has 2 N–H and O–H groups in total. The number of rotatable bonds is 7.